The number of hydrogen-bond acceptors (Lipinski definition) is 2. The van der Waals surface area contributed by atoms with Gasteiger partial charge in [0.05, 0.1) is 0 Å². The van der Waals surface area contributed by atoms with E-state index in [2.05, 4.69) is 17.4 Å². The van der Waals surface area contributed by atoms with Gasteiger partial charge in [-0.15, -0.1) is 0 Å². The summed E-state index contributed by atoms with van der Waals surface area (Å²) in [5, 5.41) is 3.59. The molecule has 0 aliphatic carbocycles. The smallest absolute Gasteiger partial charge is 0.261 e. The first kappa shape index (κ1) is 17.4. The van der Waals surface area contributed by atoms with Gasteiger partial charge >= 0.3 is 0 Å². The Morgan fingerprint density at radius 3 is 2.48 bits per heavy atom. The summed E-state index contributed by atoms with van der Waals surface area (Å²) in [6, 6.07) is 17.3. The molecule has 2 aromatic rings. The normalized spacial score (nSPS) is 11.7. The van der Waals surface area contributed by atoms with Crippen molar-refractivity contribution in [3.05, 3.63) is 65.2 Å². The van der Waals surface area contributed by atoms with Crippen LogP contribution in [0.4, 0.5) is 0 Å². The Bertz CT molecular complexity index is 599. The van der Waals surface area contributed by atoms with Crippen molar-refractivity contribution in [3.8, 4) is 5.75 Å². The third-order valence-corrected chi connectivity index (χ3v) is 3.79. The summed E-state index contributed by atoms with van der Waals surface area (Å²) >= 11 is 5.84. The molecule has 3 nitrogen and oxygen atoms in total. The predicted octanol–water partition coefficient (Wildman–Crippen LogP) is 4.25. The number of carbonyl (C=O) groups excluding carboxylic acids is 1. The van der Waals surface area contributed by atoms with Crippen molar-refractivity contribution in [3.63, 3.8) is 0 Å². The molecule has 0 bridgehead atoms. The van der Waals surface area contributed by atoms with E-state index < -0.39 is 6.10 Å². The van der Waals surface area contributed by atoms with Crippen LogP contribution in [0.15, 0.2) is 54.6 Å². The van der Waals surface area contributed by atoms with Gasteiger partial charge in [-0.3, -0.25) is 4.79 Å². The molecule has 23 heavy (non-hydrogen) atoms. The van der Waals surface area contributed by atoms with E-state index in [-0.39, 0.29) is 5.91 Å². The van der Waals surface area contributed by atoms with Gasteiger partial charge in [-0.1, -0.05) is 48.9 Å². The highest BCUT2D eigenvalue weighted by Gasteiger charge is 2.17. The fraction of sp³-hybridized carbons (Fsp3) is 0.316. The van der Waals surface area contributed by atoms with Crippen LogP contribution in [0.2, 0.25) is 5.02 Å². The SMILES string of the molecule is CC[C@@H](Oc1ccc(Cl)cc1)C(=O)NCCCc1ccccc1. The second-order valence-electron chi connectivity index (χ2n) is 5.35. The Morgan fingerprint density at radius 1 is 1.13 bits per heavy atom. The zero-order valence-corrected chi connectivity index (χ0v) is 14.1. The average Bonchev–Trinajstić information content (AvgIpc) is 2.59. The van der Waals surface area contributed by atoms with Crippen molar-refractivity contribution in [1.82, 2.24) is 5.32 Å². The minimum absolute atomic E-state index is 0.0736. The molecule has 1 amide bonds. The van der Waals surface area contributed by atoms with Crippen molar-refractivity contribution in [2.45, 2.75) is 32.3 Å². The third-order valence-electron chi connectivity index (χ3n) is 3.54. The molecule has 2 rings (SSSR count). The number of rotatable bonds is 8. The number of nitrogens with one attached hydrogen (secondary N) is 1. The lowest BCUT2D eigenvalue weighted by Crippen LogP contribution is -2.38. The van der Waals surface area contributed by atoms with E-state index in [0.29, 0.717) is 23.7 Å². The van der Waals surface area contributed by atoms with Gasteiger partial charge in [0.2, 0.25) is 0 Å². The molecular formula is C19H22ClNO2. The highest BCUT2D eigenvalue weighted by Crippen LogP contribution is 2.17. The van der Waals surface area contributed by atoms with Crippen LogP contribution in [-0.4, -0.2) is 18.6 Å². The van der Waals surface area contributed by atoms with Crippen LogP contribution >= 0.6 is 11.6 Å². The molecule has 0 fully saturated rings. The summed E-state index contributed by atoms with van der Waals surface area (Å²) in [5.41, 5.74) is 1.28. The molecule has 0 saturated heterocycles. The van der Waals surface area contributed by atoms with Crippen molar-refractivity contribution < 1.29 is 9.53 Å². The first-order valence-electron chi connectivity index (χ1n) is 7.93. The maximum Gasteiger partial charge on any atom is 0.261 e. The molecule has 1 N–H and O–H groups in total. The van der Waals surface area contributed by atoms with Gasteiger partial charge in [0.1, 0.15) is 5.75 Å². The number of ether oxygens (including phenoxy) is 1. The molecule has 2 aromatic carbocycles. The highest BCUT2D eigenvalue weighted by molar-refractivity contribution is 6.30. The van der Waals surface area contributed by atoms with Crippen molar-refractivity contribution in [2.24, 2.45) is 0 Å². The van der Waals surface area contributed by atoms with E-state index in [9.17, 15) is 4.79 Å². The maximum absolute atomic E-state index is 12.2. The van der Waals surface area contributed by atoms with E-state index in [0.717, 1.165) is 12.8 Å². The number of halogens is 1. The van der Waals surface area contributed by atoms with E-state index in [1.54, 1.807) is 24.3 Å². The quantitative estimate of drug-likeness (QED) is 0.734. The van der Waals surface area contributed by atoms with Crippen LogP contribution in [0.1, 0.15) is 25.3 Å². The Balaban J connectivity index is 1.75. The first-order chi connectivity index (χ1) is 11.2. The largest absolute Gasteiger partial charge is 0.481 e. The van der Waals surface area contributed by atoms with Gasteiger partial charge < -0.3 is 10.1 Å². The zero-order chi connectivity index (χ0) is 16.5. The molecule has 0 aromatic heterocycles. The zero-order valence-electron chi connectivity index (χ0n) is 13.3. The molecule has 0 spiro atoms. The summed E-state index contributed by atoms with van der Waals surface area (Å²) in [7, 11) is 0. The summed E-state index contributed by atoms with van der Waals surface area (Å²) in [4.78, 5) is 12.2. The lowest BCUT2D eigenvalue weighted by molar-refractivity contribution is -0.128. The average molecular weight is 332 g/mol. The first-order valence-corrected chi connectivity index (χ1v) is 8.30. The van der Waals surface area contributed by atoms with Crippen LogP contribution in [0.25, 0.3) is 0 Å². The molecule has 0 unspecified atom stereocenters. The van der Waals surface area contributed by atoms with Gasteiger partial charge in [-0.05, 0) is 49.1 Å². The standard InChI is InChI=1S/C19H22ClNO2/c1-2-18(23-17-12-10-16(20)11-13-17)19(22)21-14-6-9-15-7-4-3-5-8-15/h3-5,7-8,10-13,18H,2,6,9,14H2,1H3,(H,21,22)/t18-/m1/s1. The monoisotopic (exact) mass is 331 g/mol. The summed E-state index contributed by atoms with van der Waals surface area (Å²) in [6.07, 6.45) is 2.00. The maximum atomic E-state index is 12.2. The number of amides is 1. The van der Waals surface area contributed by atoms with Crippen molar-refractivity contribution >= 4 is 17.5 Å². The third kappa shape index (κ3) is 5.95. The number of benzene rings is 2. The van der Waals surface area contributed by atoms with E-state index in [1.165, 1.54) is 5.56 Å². The molecule has 0 radical (unpaired) electrons. The number of aryl methyl sites for hydroxylation is 1. The van der Waals surface area contributed by atoms with Crippen LogP contribution in [0.3, 0.4) is 0 Å². The summed E-state index contributed by atoms with van der Waals surface area (Å²) < 4.78 is 5.73. The van der Waals surface area contributed by atoms with Crippen LogP contribution in [0, 0.1) is 0 Å². The van der Waals surface area contributed by atoms with Gasteiger partial charge in [0, 0.05) is 11.6 Å². The fourth-order valence-corrected chi connectivity index (χ4v) is 2.39. The van der Waals surface area contributed by atoms with Crippen molar-refractivity contribution in [2.75, 3.05) is 6.54 Å². The molecular weight excluding hydrogens is 310 g/mol. The van der Waals surface area contributed by atoms with E-state index >= 15 is 0 Å². The van der Waals surface area contributed by atoms with Gasteiger partial charge in [0.15, 0.2) is 6.10 Å². The molecule has 122 valence electrons. The van der Waals surface area contributed by atoms with Gasteiger partial charge in [-0.25, -0.2) is 0 Å². The number of carbonyl (C=O) groups is 1. The topological polar surface area (TPSA) is 38.3 Å². The molecule has 4 heteroatoms. The Morgan fingerprint density at radius 2 is 1.83 bits per heavy atom. The fourth-order valence-electron chi connectivity index (χ4n) is 2.26. The molecule has 1 atom stereocenters. The minimum Gasteiger partial charge on any atom is -0.481 e. The Kier molecular flexibility index (Phi) is 6.95. The Labute approximate surface area is 142 Å². The van der Waals surface area contributed by atoms with Gasteiger partial charge in [-0.2, -0.15) is 0 Å². The van der Waals surface area contributed by atoms with Crippen LogP contribution < -0.4 is 10.1 Å². The number of hydrogen-bond donors (Lipinski definition) is 1. The molecule has 0 aliphatic rings. The second-order valence-corrected chi connectivity index (χ2v) is 5.79. The van der Waals surface area contributed by atoms with Crippen LogP contribution in [-0.2, 0) is 11.2 Å². The lowest BCUT2D eigenvalue weighted by Gasteiger charge is -2.17. The molecule has 0 aliphatic heterocycles. The summed E-state index contributed by atoms with van der Waals surface area (Å²) in [5.74, 6) is 0.580. The summed E-state index contributed by atoms with van der Waals surface area (Å²) in [6.45, 7) is 2.58. The Hall–Kier alpha value is -2.00. The lowest BCUT2D eigenvalue weighted by atomic mass is 10.1. The second kappa shape index (κ2) is 9.21. The van der Waals surface area contributed by atoms with E-state index in [1.807, 2.05) is 25.1 Å². The minimum atomic E-state index is -0.479. The predicted molar refractivity (Wildman–Crippen MR) is 93.9 cm³/mol. The van der Waals surface area contributed by atoms with Gasteiger partial charge in [0.25, 0.3) is 5.91 Å². The van der Waals surface area contributed by atoms with Crippen LogP contribution in [0.5, 0.6) is 5.75 Å². The van der Waals surface area contributed by atoms with E-state index in [4.69, 9.17) is 16.3 Å². The van der Waals surface area contributed by atoms with Crippen molar-refractivity contribution in [1.29, 1.82) is 0 Å². The molecule has 0 saturated carbocycles. The molecule has 0 heterocycles. The highest BCUT2D eigenvalue weighted by atomic mass is 35.5.